The van der Waals surface area contributed by atoms with E-state index < -0.39 is 0 Å². The number of nitrogens with zero attached hydrogens (tertiary/aromatic N) is 1. The first kappa shape index (κ1) is 16.8. The summed E-state index contributed by atoms with van der Waals surface area (Å²) in [4.78, 5) is 4.68. The molecular weight excluding hydrogens is 274 g/mol. The zero-order chi connectivity index (χ0) is 15.7. The average molecular weight is 303 g/mol. The van der Waals surface area contributed by atoms with E-state index in [1.165, 1.54) is 5.56 Å². The van der Waals surface area contributed by atoms with Crippen molar-refractivity contribution in [2.75, 3.05) is 26.2 Å². The molecule has 1 unspecified atom stereocenters. The summed E-state index contributed by atoms with van der Waals surface area (Å²) in [5.41, 5.74) is 1.31. The van der Waals surface area contributed by atoms with Crippen molar-refractivity contribution < 1.29 is 4.74 Å². The Kier molecular flexibility index (Phi) is 6.72. The minimum absolute atomic E-state index is 0.0770. The van der Waals surface area contributed by atoms with E-state index in [-0.39, 0.29) is 5.60 Å². The van der Waals surface area contributed by atoms with Gasteiger partial charge in [-0.1, -0.05) is 30.3 Å². The quantitative estimate of drug-likeness (QED) is 0.462. The summed E-state index contributed by atoms with van der Waals surface area (Å²) in [7, 11) is 0. The van der Waals surface area contributed by atoms with E-state index in [1.807, 2.05) is 0 Å². The normalized spacial score (nSPS) is 21.8. The first-order valence-corrected chi connectivity index (χ1v) is 8.42. The summed E-state index contributed by atoms with van der Waals surface area (Å²) < 4.78 is 5.79. The number of ether oxygens (including phenoxy) is 1. The van der Waals surface area contributed by atoms with E-state index in [0.717, 1.165) is 57.9 Å². The Morgan fingerprint density at radius 2 is 2.09 bits per heavy atom. The standard InChI is InChI=1S/C18H29N3O/c1-3-19-17(21-15-18(2)12-8-14-22-18)20-13-7-11-16-9-5-4-6-10-16/h4-6,9-10H,3,7-8,11-15H2,1-2H3,(H2,19,20,21). The number of guanidine groups is 1. The average Bonchev–Trinajstić information content (AvgIpc) is 2.97. The lowest BCUT2D eigenvalue weighted by atomic mass is 10.0. The summed E-state index contributed by atoms with van der Waals surface area (Å²) in [5, 5.41) is 6.72. The van der Waals surface area contributed by atoms with Gasteiger partial charge in [0, 0.05) is 19.7 Å². The van der Waals surface area contributed by atoms with Gasteiger partial charge >= 0.3 is 0 Å². The number of aryl methyl sites for hydroxylation is 1. The van der Waals surface area contributed by atoms with E-state index >= 15 is 0 Å². The fraction of sp³-hybridized carbons (Fsp3) is 0.611. The summed E-state index contributed by atoms with van der Waals surface area (Å²) in [5.74, 6) is 0.896. The summed E-state index contributed by atoms with van der Waals surface area (Å²) in [6.45, 7) is 7.64. The Bertz CT molecular complexity index is 453. The molecule has 0 spiro atoms. The maximum Gasteiger partial charge on any atom is 0.191 e. The van der Waals surface area contributed by atoms with Gasteiger partial charge in [0.05, 0.1) is 12.1 Å². The van der Waals surface area contributed by atoms with Gasteiger partial charge in [0.2, 0.25) is 0 Å². The molecule has 122 valence electrons. The lowest BCUT2D eigenvalue weighted by Crippen LogP contribution is -2.39. The highest BCUT2D eigenvalue weighted by atomic mass is 16.5. The van der Waals surface area contributed by atoms with Crippen LogP contribution in [0.1, 0.15) is 38.7 Å². The second-order valence-electron chi connectivity index (χ2n) is 6.11. The fourth-order valence-corrected chi connectivity index (χ4v) is 2.69. The maximum absolute atomic E-state index is 5.79. The second kappa shape index (κ2) is 8.79. The summed E-state index contributed by atoms with van der Waals surface area (Å²) in [6, 6.07) is 10.6. The molecule has 1 aromatic carbocycles. The highest BCUT2D eigenvalue weighted by molar-refractivity contribution is 5.79. The van der Waals surface area contributed by atoms with Crippen LogP contribution in [0.4, 0.5) is 0 Å². The van der Waals surface area contributed by atoms with Gasteiger partial charge in [-0.25, -0.2) is 0 Å². The number of hydrogen-bond donors (Lipinski definition) is 2. The fourth-order valence-electron chi connectivity index (χ4n) is 2.69. The van der Waals surface area contributed by atoms with Crippen molar-refractivity contribution >= 4 is 5.96 Å². The minimum atomic E-state index is -0.0770. The van der Waals surface area contributed by atoms with Crippen molar-refractivity contribution in [1.82, 2.24) is 10.6 Å². The topological polar surface area (TPSA) is 45.7 Å². The van der Waals surface area contributed by atoms with Crippen LogP contribution in [0.5, 0.6) is 0 Å². The first-order valence-electron chi connectivity index (χ1n) is 8.42. The van der Waals surface area contributed by atoms with Crippen LogP contribution in [0.15, 0.2) is 35.3 Å². The van der Waals surface area contributed by atoms with Crippen LogP contribution in [0, 0.1) is 0 Å². The molecule has 1 atom stereocenters. The Morgan fingerprint density at radius 3 is 2.77 bits per heavy atom. The zero-order valence-electron chi connectivity index (χ0n) is 13.9. The van der Waals surface area contributed by atoms with Crippen LogP contribution in [0.2, 0.25) is 0 Å². The predicted molar refractivity (Wildman–Crippen MR) is 92.3 cm³/mol. The van der Waals surface area contributed by atoms with E-state index in [2.05, 4.69) is 59.8 Å². The van der Waals surface area contributed by atoms with Crippen molar-refractivity contribution in [2.24, 2.45) is 4.99 Å². The third-order valence-corrected chi connectivity index (χ3v) is 3.99. The van der Waals surface area contributed by atoms with Crippen LogP contribution in [-0.2, 0) is 11.2 Å². The predicted octanol–water partition coefficient (Wildman–Crippen LogP) is 2.74. The monoisotopic (exact) mass is 303 g/mol. The van der Waals surface area contributed by atoms with Crippen molar-refractivity contribution in [1.29, 1.82) is 0 Å². The van der Waals surface area contributed by atoms with Crippen LogP contribution >= 0.6 is 0 Å². The first-order chi connectivity index (χ1) is 10.7. The molecule has 1 saturated heterocycles. The molecule has 4 heteroatoms. The molecule has 2 N–H and O–H groups in total. The Labute approximate surface area is 134 Å². The van der Waals surface area contributed by atoms with Gasteiger partial charge in [-0.05, 0) is 45.1 Å². The smallest absolute Gasteiger partial charge is 0.191 e. The third kappa shape index (κ3) is 5.68. The Hall–Kier alpha value is -1.55. The number of aliphatic imine (C=N–C) groups is 1. The molecule has 2 rings (SSSR count). The number of rotatable bonds is 7. The Balaban J connectivity index is 1.73. The molecule has 1 heterocycles. The SMILES string of the molecule is CCNC(=NCC1(C)CCCO1)NCCCc1ccccc1. The second-order valence-corrected chi connectivity index (χ2v) is 6.11. The highest BCUT2D eigenvalue weighted by Gasteiger charge is 2.29. The molecule has 22 heavy (non-hydrogen) atoms. The van der Waals surface area contributed by atoms with E-state index in [1.54, 1.807) is 0 Å². The molecule has 0 saturated carbocycles. The molecular formula is C18H29N3O. The lowest BCUT2D eigenvalue weighted by molar-refractivity contribution is 0.0283. The number of hydrogen-bond acceptors (Lipinski definition) is 2. The molecule has 1 fully saturated rings. The van der Waals surface area contributed by atoms with Crippen LogP contribution in [0.3, 0.4) is 0 Å². The van der Waals surface area contributed by atoms with Crippen molar-refractivity contribution in [3.63, 3.8) is 0 Å². The largest absolute Gasteiger partial charge is 0.373 e. The molecule has 1 aliphatic rings. The van der Waals surface area contributed by atoms with E-state index in [9.17, 15) is 0 Å². The molecule has 0 radical (unpaired) electrons. The third-order valence-electron chi connectivity index (χ3n) is 3.99. The van der Waals surface area contributed by atoms with Gasteiger partial charge in [-0.15, -0.1) is 0 Å². The van der Waals surface area contributed by atoms with Crippen molar-refractivity contribution in [3.05, 3.63) is 35.9 Å². The van der Waals surface area contributed by atoms with Gasteiger partial charge in [-0.3, -0.25) is 4.99 Å². The maximum atomic E-state index is 5.79. The molecule has 4 nitrogen and oxygen atoms in total. The van der Waals surface area contributed by atoms with Gasteiger partial charge in [0.15, 0.2) is 5.96 Å². The molecule has 0 aromatic heterocycles. The lowest BCUT2D eigenvalue weighted by Gasteiger charge is -2.21. The number of nitrogens with one attached hydrogen (secondary N) is 2. The van der Waals surface area contributed by atoms with Crippen LogP contribution in [-0.4, -0.2) is 37.8 Å². The van der Waals surface area contributed by atoms with E-state index in [0.29, 0.717) is 0 Å². The molecule has 0 amide bonds. The summed E-state index contributed by atoms with van der Waals surface area (Å²) in [6.07, 6.45) is 4.44. The van der Waals surface area contributed by atoms with Crippen LogP contribution in [0.25, 0.3) is 0 Å². The minimum Gasteiger partial charge on any atom is -0.373 e. The van der Waals surface area contributed by atoms with Gasteiger partial charge in [-0.2, -0.15) is 0 Å². The van der Waals surface area contributed by atoms with Gasteiger partial charge in [0.1, 0.15) is 0 Å². The molecule has 0 bridgehead atoms. The van der Waals surface area contributed by atoms with Crippen LogP contribution < -0.4 is 10.6 Å². The van der Waals surface area contributed by atoms with Crippen molar-refractivity contribution in [3.8, 4) is 0 Å². The molecule has 1 aromatic rings. The molecule has 0 aliphatic carbocycles. The number of benzene rings is 1. The molecule has 1 aliphatic heterocycles. The van der Waals surface area contributed by atoms with E-state index in [4.69, 9.17) is 4.74 Å². The van der Waals surface area contributed by atoms with Gasteiger partial charge in [0.25, 0.3) is 0 Å². The Morgan fingerprint density at radius 1 is 1.27 bits per heavy atom. The van der Waals surface area contributed by atoms with Gasteiger partial charge < -0.3 is 15.4 Å². The van der Waals surface area contributed by atoms with Crippen molar-refractivity contribution in [2.45, 2.75) is 45.1 Å². The summed E-state index contributed by atoms with van der Waals surface area (Å²) >= 11 is 0. The zero-order valence-corrected chi connectivity index (χ0v) is 13.9. The highest BCUT2D eigenvalue weighted by Crippen LogP contribution is 2.24.